The first kappa shape index (κ1) is 40.8. The van der Waals surface area contributed by atoms with Crippen molar-refractivity contribution in [1.29, 1.82) is 0 Å². The van der Waals surface area contributed by atoms with Crippen LogP contribution in [-0.2, 0) is 57.2 Å². The molecule has 0 amide bonds. The van der Waals surface area contributed by atoms with E-state index in [1.54, 1.807) is 27.7 Å². The van der Waals surface area contributed by atoms with Crippen molar-refractivity contribution in [2.45, 2.75) is 144 Å². The lowest BCUT2D eigenvalue weighted by Crippen LogP contribution is -2.45. The molecule has 0 aliphatic carbocycles. The Morgan fingerprint density at radius 1 is 0.652 bits per heavy atom. The lowest BCUT2D eigenvalue weighted by atomic mass is 9.85. The fourth-order valence-corrected chi connectivity index (χ4v) is 5.65. The van der Waals surface area contributed by atoms with Crippen LogP contribution in [0.25, 0.3) is 0 Å². The number of ether oxygens (including phenoxy) is 6. The van der Waals surface area contributed by atoms with Gasteiger partial charge in [0.15, 0.2) is 0 Å². The number of carbonyl (C=O) groups is 6. The second kappa shape index (κ2) is 18.8. The summed E-state index contributed by atoms with van der Waals surface area (Å²) in [6.07, 6.45) is -8.60. The molecule has 1 rings (SSSR count). The van der Waals surface area contributed by atoms with E-state index >= 15 is 0 Å². The van der Waals surface area contributed by atoms with E-state index in [9.17, 15) is 39.0 Å². The van der Waals surface area contributed by atoms with Crippen LogP contribution in [0.15, 0.2) is 0 Å². The Hall–Kier alpha value is -3.26. The fourth-order valence-electron chi connectivity index (χ4n) is 5.65. The third kappa shape index (κ3) is 13.6. The van der Waals surface area contributed by atoms with Gasteiger partial charge in [0.1, 0.15) is 36.6 Å². The standard InChI is InChI=1S/C32H52O14/c1-15(41-21(7)33)11-25-13-27(43-23(9)35)17(3)29(37)20(6)32(40)46-26(12-16(2)42-22(8)34)14-28(44-24(10)36)18(4)30(38)19(5)31(39)45-25/h15-20,25-30,37-38H,11-14H2,1-10H3/t15-,16-,17-,18-,19+,20+,25-,26-,27-,28-,29+,30+/m0/s1. The lowest BCUT2D eigenvalue weighted by Gasteiger charge is -2.36. The van der Waals surface area contributed by atoms with Crippen LogP contribution in [0, 0.1) is 23.7 Å². The summed E-state index contributed by atoms with van der Waals surface area (Å²) < 4.78 is 33.1. The van der Waals surface area contributed by atoms with Crippen LogP contribution in [0.2, 0.25) is 0 Å². The monoisotopic (exact) mass is 660 g/mol. The van der Waals surface area contributed by atoms with Crippen molar-refractivity contribution in [3.63, 3.8) is 0 Å². The summed E-state index contributed by atoms with van der Waals surface area (Å²) in [4.78, 5) is 74.2. The first-order chi connectivity index (χ1) is 21.2. The summed E-state index contributed by atoms with van der Waals surface area (Å²) in [7, 11) is 0. The van der Waals surface area contributed by atoms with Gasteiger partial charge in [0.05, 0.1) is 24.0 Å². The Morgan fingerprint density at radius 2 is 0.957 bits per heavy atom. The number of cyclic esters (lactones) is 2. The highest BCUT2D eigenvalue weighted by atomic mass is 16.6. The zero-order valence-corrected chi connectivity index (χ0v) is 28.6. The maximum absolute atomic E-state index is 13.4. The molecule has 46 heavy (non-hydrogen) atoms. The minimum absolute atomic E-state index is 0.000134. The summed E-state index contributed by atoms with van der Waals surface area (Å²) in [5.74, 6) is -8.16. The lowest BCUT2D eigenvalue weighted by molar-refractivity contribution is -0.173. The van der Waals surface area contributed by atoms with Crippen molar-refractivity contribution in [2.75, 3.05) is 0 Å². The average molecular weight is 661 g/mol. The van der Waals surface area contributed by atoms with Gasteiger partial charge in [0.2, 0.25) is 0 Å². The molecule has 14 heteroatoms. The highest BCUT2D eigenvalue weighted by Crippen LogP contribution is 2.30. The molecule has 0 spiro atoms. The Bertz CT molecular complexity index is 977. The average Bonchev–Trinajstić information content (AvgIpc) is 2.91. The highest BCUT2D eigenvalue weighted by molar-refractivity contribution is 5.74. The molecule has 1 aliphatic rings. The fraction of sp³-hybridized carbons (Fsp3) is 0.812. The first-order valence-electron chi connectivity index (χ1n) is 15.7. The number of carbonyl (C=O) groups excluding carboxylic acids is 6. The molecule has 1 saturated heterocycles. The normalized spacial score (nSPS) is 33.0. The molecule has 1 aliphatic heterocycles. The number of hydrogen-bond donors (Lipinski definition) is 2. The number of aliphatic hydroxyl groups is 2. The molecule has 1 fully saturated rings. The Kier molecular flexibility index (Phi) is 16.6. The minimum atomic E-state index is -1.40. The Balaban J connectivity index is 3.66. The molecule has 0 radical (unpaired) electrons. The molecule has 0 aromatic rings. The van der Waals surface area contributed by atoms with Gasteiger partial charge in [0, 0.05) is 65.2 Å². The van der Waals surface area contributed by atoms with Gasteiger partial charge in [-0.2, -0.15) is 0 Å². The van der Waals surface area contributed by atoms with E-state index in [1.165, 1.54) is 41.5 Å². The third-order valence-electron chi connectivity index (χ3n) is 8.13. The molecule has 0 aromatic heterocycles. The van der Waals surface area contributed by atoms with Gasteiger partial charge in [-0.15, -0.1) is 0 Å². The van der Waals surface area contributed by atoms with Crippen LogP contribution >= 0.6 is 0 Å². The molecule has 14 nitrogen and oxygen atoms in total. The van der Waals surface area contributed by atoms with Crippen molar-refractivity contribution >= 4 is 35.8 Å². The van der Waals surface area contributed by atoms with E-state index in [-0.39, 0.29) is 25.7 Å². The van der Waals surface area contributed by atoms with Crippen LogP contribution in [-0.4, -0.2) is 94.9 Å². The quantitative estimate of drug-likeness (QED) is 0.284. The van der Waals surface area contributed by atoms with Crippen LogP contribution in [0.5, 0.6) is 0 Å². The summed E-state index contributed by atoms with van der Waals surface area (Å²) in [6, 6.07) is 0. The molecule has 2 N–H and O–H groups in total. The molecule has 0 bridgehead atoms. The van der Waals surface area contributed by atoms with E-state index in [0.717, 1.165) is 0 Å². The Morgan fingerprint density at radius 3 is 1.22 bits per heavy atom. The number of aliphatic hydroxyl groups excluding tert-OH is 2. The first-order valence-corrected chi connectivity index (χ1v) is 15.7. The van der Waals surface area contributed by atoms with Gasteiger partial charge >= 0.3 is 35.8 Å². The van der Waals surface area contributed by atoms with E-state index in [4.69, 9.17) is 28.4 Å². The van der Waals surface area contributed by atoms with Gasteiger partial charge in [-0.1, -0.05) is 13.8 Å². The third-order valence-corrected chi connectivity index (χ3v) is 8.13. The maximum atomic E-state index is 13.4. The van der Waals surface area contributed by atoms with Crippen LogP contribution in [0.4, 0.5) is 0 Å². The molecule has 264 valence electrons. The SMILES string of the molecule is CC(=O)O[C@H]1C[C@H](C[C@H](C)OC(C)=O)OC(=O)[C@H](C)[C@H](O)[C@@H](C)[C@@H](OC(C)=O)C[C@H](C[C@H](C)OC(C)=O)OC(=O)[C@H](C)[C@H](O)[C@H]1C. The second-order valence-corrected chi connectivity index (χ2v) is 12.5. The van der Waals surface area contributed by atoms with E-state index < -0.39 is 108 Å². The van der Waals surface area contributed by atoms with Crippen molar-refractivity contribution in [2.24, 2.45) is 23.7 Å². The largest absolute Gasteiger partial charge is 0.463 e. The minimum Gasteiger partial charge on any atom is -0.463 e. The molecule has 0 aromatic carbocycles. The second-order valence-electron chi connectivity index (χ2n) is 12.5. The molecular weight excluding hydrogens is 608 g/mol. The molecular formula is C32H52O14. The van der Waals surface area contributed by atoms with Gasteiger partial charge in [-0.25, -0.2) is 0 Å². The molecule has 12 atom stereocenters. The Labute approximate surface area is 270 Å². The van der Waals surface area contributed by atoms with E-state index in [0.29, 0.717) is 0 Å². The van der Waals surface area contributed by atoms with Crippen LogP contribution in [0.1, 0.15) is 94.9 Å². The number of esters is 6. The van der Waals surface area contributed by atoms with Crippen LogP contribution < -0.4 is 0 Å². The predicted molar refractivity (Wildman–Crippen MR) is 160 cm³/mol. The van der Waals surface area contributed by atoms with Gasteiger partial charge in [-0.3, -0.25) is 28.8 Å². The summed E-state index contributed by atoms with van der Waals surface area (Å²) in [5.41, 5.74) is 0. The predicted octanol–water partition coefficient (Wildman–Crippen LogP) is 2.42. The van der Waals surface area contributed by atoms with E-state index in [2.05, 4.69) is 0 Å². The molecule has 0 unspecified atom stereocenters. The van der Waals surface area contributed by atoms with Crippen molar-refractivity contribution in [3.8, 4) is 0 Å². The van der Waals surface area contributed by atoms with Crippen molar-refractivity contribution in [3.05, 3.63) is 0 Å². The summed E-state index contributed by atoms with van der Waals surface area (Å²) >= 11 is 0. The topological polar surface area (TPSA) is 198 Å². The van der Waals surface area contributed by atoms with Gasteiger partial charge in [-0.05, 0) is 27.7 Å². The van der Waals surface area contributed by atoms with Gasteiger partial charge < -0.3 is 38.6 Å². The summed E-state index contributed by atoms with van der Waals surface area (Å²) in [5, 5.41) is 22.6. The smallest absolute Gasteiger partial charge is 0.311 e. The van der Waals surface area contributed by atoms with E-state index in [1.807, 2.05) is 0 Å². The van der Waals surface area contributed by atoms with Crippen molar-refractivity contribution in [1.82, 2.24) is 0 Å². The molecule has 1 heterocycles. The van der Waals surface area contributed by atoms with Gasteiger partial charge in [0.25, 0.3) is 0 Å². The number of rotatable bonds is 8. The zero-order valence-electron chi connectivity index (χ0n) is 28.6. The summed E-state index contributed by atoms with van der Waals surface area (Å²) in [6.45, 7) is 14.0. The molecule has 0 saturated carbocycles. The number of hydrogen-bond acceptors (Lipinski definition) is 14. The zero-order chi connectivity index (χ0) is 35.5. The van der Waals surface area contributed by atoms with Crippen molar-refractivity contribution < 1.29 is 67.4 Å². The maximum Gasteiger partial charge on any atom is 0.311 e. The highest BCUT2D eigenvalue weighted by Gasteiger charge is 2.41. The van der Waals surface area contributed by atoms with Crippen LogP contribution in [0.3, 0.4) is 0 Å².